The zero-order chi connectivity index (χ0) is 15.6. The third-order valence-electron chi connectivity index (χ3n) is 3.55. The average Bonchev–Trinajstić information content (AvgIpc) is 2.42. The second-order valence-corrected chi connectivity index (χ2v) is 5.49. The second-order valence-electron chi connectivity index (χ2n) is 5.08. The number of aryl methyl sites for hydroxylation is 2. The largest absolute Gasteiger partial charge is 0.306 e. The van der Waals surface area contributed by atoms with Gasteiger partial charge >= 0.3 is 0 Å². The SMILES string of the molecule is CCNC(c1cc(C)c(Cl)cc1C)c1c(F)cccc1F. The predicted molar refractivity (Wildman–Crippen MR) is 82.8 cm³/mol. The van der Waals surface area contributed by atoms with Crippen LogP contribution in [0.1, 0.15) is 35.2 Å². The first-order valence-corrected chi connectivity index (χ1v) is 7.27. The van der Waals surface area contributed by atoms with Crippen molar-refractivity contribution in [1.29, 1.82) is 0 Å². The second kappa shape index (κ2) is 6.54. The zero-order valence-electron chi connectivity index (χ0n) is 12.3. The minimum Gasteiger partial charge on any atom is -0.306 e. The van der Waals surface area contributed by atoms with Crippen molar-refractivity contribution in [2.45, 2.75) is 26.8 Å². The number of hydrogen-bond acceptors (Lipinski definition) is 1. The Balaban J connectivity index is 2.62. The number of halogens is 3. The van der Waals surface area contributed by atoms with Crippen molar-refractivity contribution in [3.05, 3.63) is 69.2 Å². The van der Waals surface area contributed by atoms with Gasteiger partial charge in [0.1, 0.15) is 11.6 Å². The predicted octanol–water partition coefficient (Wildman–Crippen LogP) is 4.93. The van der Waals surface area contributed by atoms with Gasteiger partial charge in [-0.25, -0.2) is 8.78 Å². The van der Waals surface area contributed by atoms with Crippen LogP contribution in [0.2, 0.25) is 5.02 Å². The Morgan fingerprint density at radius 1 is 1.10 bits per heavy atom. The number of nitrogens with one attached hydrogen (secondary N) is 1. The summed E-state index contributed by atoms with van der Waals surface area (Å²) < 4.78 is 28.2. The summed E-state index contributed by atoms with van der Waals surface area (Å²) in [6.07, 6.45) is 0. The van der Waals surface area contributed by atoms with Gasteiger partial charge in [0, 0.05) is 10.6 Å². The molecule has 1 nitrogen and oxygen atoms in total. The molecule has 2 aromatic rings. The molecule has 0 aliphatic rings. The van der Waals surface area contributed by atoms with Crippen molar-refractivity contribution in [3.63, 3.8) is 0 Å². The summed E-state index contributed by atoms with van der Waals surface area (Å²) in [7, 11) is 0. The fraction of sp³-hybridized carbons (Fsp3) is 0.294. The summed E-state index contributed by atoms with van der Waals surface area (Å²) in [6.45, 7) is 6.28. The highest BCUT2D eigenvalue weighted by Gasteiger charge is 2.23. The average molecular weight is 310 g/mol. The van der Waals surface area contributed by atoms with Gasteiger partial charge in [0.05, 0.1) is 6.04 Å². The Morgan fingerprint density at radius 3 is 2.29 bits per heavy atom. The molecule has 21 heavy (non-hydrogen) atoms. The van der Waals surface area contributed by atoms with Crippen LogP contribution in [-0.2, 0) is 0 Å². The van der Waals surface area contributed by atoms with Gasteiger partial charge in [-0.15, -0.1) is 0 Å². The Labute approximate surface area is 128 Å². The normalized spacial score (nSPS) is 12.5. The molecule has 1 unspecified atom stereocenters. The third kappa shape index (κ3) is 3.25. The van der Waals surface area contributed by atoms with Crippen LogP contribution < -0.4 is 5.32 Å². The van der Waals surface area contributed by atoms with Gasteiger partial charge in [0.2, 0.25) is 0 Å². The quantitative estimate of drug-likeness (QED) is 0.844. The van der Waals surface area contributed by atoms with E-state index in [0.717, 1.165) is 16.7 Å². The number of benzene rings is 2. The van der Waals surface area contributed by atoms with Gasteiger partial charge in [-0.2, -0.15) is 0 Å². The van der Waals surface area contributed by atoms with Crippen molar-refractivity contribution in [2.24, 2.45) is 0 Å². The lowest BCUT2D eigenvalue weighted by Crippen LogP contribution is -2.25. The van der Waals surface area contributed by atoms with E-state index >= 15 is 0 Å². The molecular formula is C17H18ClF2N. The van der Waals surface area contributed by atoms with E-state index in [0.29, 0.717) is 11.6 Å². The molecule has 0 radical (unpaired) electrons. The van der Waals surface area contributed by atoms with Gasteiger partial charge in [0.15, 0.2) is 0 Å². The molecule has 2 aromatic carbocycles. The lowest BCUT2D eigenvalue weighted by molar-refractivity contribution is 0.509. The monoisotopic (exact) mass is 309 g/mol. The molecule has 0 bridgehead atoms. The lowest BCUT2D eigenvalue weighted by Gasteiger charge is -2.23. The van der Waals surface area contributed by atoms with E-state index in [2.05, 4.69) is 5.32 Å². The molecule has 1 N–H and O–H groups in total. The molecule has 0 fully saturated rings. The smallest absolute Gasteiger partial charge is 0.131 e. The Bertz CT molecular complexity index is 635. The van der Waals surface area contributed by atoms with Gasteiger partial charge in [-0.3, -0.25) is 0 Å². The molecule has 0 aliphatic carbocycles. The third-order valence-corrected chi connectivity index (χ3v) is 3.96. The topological polar surface area (TPSA) is 12.0 Å². The Hall–Kier alpha value is -1.45. The maximum absolute atomic E-state index is 14.1. The van der Waals surface area contributed by atoms with E-state index in [-0.39, 0.29) is 5.56 Å². The maximum atomic E-state index is 14.1. The highest BCUT2D eigenvalue weighted by molar-refractivity contribution is 6.31. The maximum Gasteiger partial charge on any atom is 0.131 e. The first-order chi connectivity index (χ1) is 9.95. The van der Waals surface area contributed by atoms with Gasteiger partial charge in [-0.05, 0) is 55.3 Å². The van der Waals surface area contributed by atoms with Crippen LogP contribution in [0.4, 0.5) is 8.78 Å². The van der Waals surface area contributed by atoms with Crippen LogP contribution in [0.3, 0.4) is 0 Å². The van der Waals surface area contributed by atoms with Crippen molar-refractivity contribution in [3.8, 4) is 0 Å². The Morgan fingerprint density at radius 2 is 1.71 bits per heavy atom. The highest BCUT2D eigenvalue weighted by Crippen LogP contribution is 2.31. The van der Waals surface area contributed by atoms with E-state index in [1.54, 1.807) is 0 Å². The van der Waals surface area contributed by atoms with Crippen molar-refractivity contribution in [1.82, 2.24) is 5.32 Å². The van der Waals surface area contributed by atoms with E-state index in [4.69, 9.17) is 11.6 Å². The molecule has 4 heteroatoms. The summed E-state index contributed by atoms with van der Waals surface area (Å²) in [5.41, 5.74) is 2.67. The first-order valence-electron chi connectivity index (χ1n) is 6.89. The van der Waals surface area contributed by atoms with E-state index in [9.17, 15) is 8.78 Å². The van der Waals surface area contributed by atoms with Crippen molar-refractivity contribution < 1.29 is 8.78 Å². The van der Waals surface area contributed by atoms with Crippen LogP contribution >= 0.6 is 11.6 Å². The van der Waals surface area contributed by atoms with Crippen LogP contribution in [0, 0.1) is 25.5 Å². The summed E-state index contributed by atoms with van der Waals surface area (Å²) >= 11 is 6.11. The van der Waals surface area contributed by atoms with Gasteiger partial charge in [0.25, 0.3) is 0 Å². The standard InChI is InChI=1S/C17H18ClF2N/c1-4-21-17(16-14(19)6-5-7-15(16)20)12-8-11(3)13(18)9-10(12)2/h5-9,17,21H,4H2,1-3H3. The van der Waals surface area contributed by atoms with Gasteiger partial charge < -0.3 is 5.32 Å². The van der Waals surface area contributed by atoms with Crippen LogP contribution in [0.5, 0.6) is 0 Å². The molecule has 0 saturated heterocycles. The van der Waals surface area contributed by atoms with Crippen LogP contribution in [-0.4, -0.2) is 6.54 Å². The molecule has 0 saturated carbocycles. The molecule has 2 rings (SSSR count). The van der Waals surface area contributed by atoms with Crippen LogP contribution in [0.15, 0.2) is 30.3 Å². The fourth-order valence-electron chi connectivity index (χ4n) is 2.47. The molecule has 0 aliphatic heterocycles. The molecule has 112 valence electrons. The summed E-state index contributed by atoms with van der Waals surface area (Å²) in [6, 6.07) is 7.11. The minimum atomic E-state index is -0.548. The summed E-state index contributed by atoms with van der Waals surface area (Å²) in [5, 5.41) is 3.81. The molecular weight excluding hydrogens is 292 g/mol. The lowest BCUT2D eigenvalue weighted by atomic mass is 9.92. The van der Waals surface area contributed by atoms with E-state index in [1.807, 2.05) is 32.9 Å². The summed E-state index contributed by atoms with van der Waals surface area (Å²) in [5.74, 6) is -1.10. The fourth-order valence-corrected chi connectivity index (χ4v) is 2.69. The van der Waals surface area contributed by atoms with Crippen molar-refractivity contribution in [2.75, 3.05) is 6.54 Å². The Kier molecular flexibility index (Phi) is 4.96. The highest BCUT2D eigenvalue weighted by atomic mass is 35.5. The first kappa shape index (κ1) is 15.9. The molecule has 0 aromatic heterocycles. The van der Waals surface area contributed by atoms with E-state index < -0.39 is 17.7 Å². The van der Waals surface area contributed by atoms with Gasteiger partial charge in [-0.1, -0.05) is 30.7 Å². The molecule has 1 atom stereocenters. The van der Waals surface area contributed by atoms with E-state index in [1.165, 1.54) is 18.2 Å². The number of rotatable bonds is 4. The van der Waals surface area contributed by atoms with Crippen LogP contribution in [0.25, 0.3) is 0 Å². The van der Waals surface area contributed by atoms with Crippen molar-refractivity contribution >= 4 is 11.6 Å². The minimum absolute atomic E-state index is 0.0455. The zero-order valence-corrected chi connectivity index (χ0v) is 13.1. The molecule has 0 heterocycles. The summed E-state index contributed by atoms with van der Waals surface area (Å²) in [4.78, 5) is 0. The molecule has 0 spiro atoms. The number of hydrogen-bond donors (Lipinski definition) is 1. The molecule has 0 amide bonds.